The fourth-order valence-corrected chi connectivity index (χ4v) is 4.77. The number of carbonyl (C=O) groups excluding carboxylic acids is 2. The van der Waals surface area contributed by atoms with Crippen molar-refractivity contribution in [3.63, 3.8) is 0 Å². The van der Waals surface area contributed by atoms with Crippen LogP contribution in [0.4, 0.5) is 5.69 Å². The van der Waals surface area contributed by atoms with E-state index in [0.29, 0.717) is 12.1 Å². The molecular formula is C16H20N2O5S. The lowest BCUT2D eigenvalue weighted by molar-refractivity contribution is -0.119. The Kier molecular flexibility index (Phi) is 4.60. The summed E-state index contributed by atoms with van der Waals surface area (Å²) in [6.45, 7) is 2.77. The second-order valence-electron chi connectivity index (χ2n) is 6.17. The van der Waals surface area contributed by atoms with E-state index in [1.807, 2.05) is 0 Å². The number of ether oxygens (including phenoxy) is 1. The highest BCUT2D eigenvalue weighted by Gasteiger charge is 2.41. The molecule has 2 aliphatic rings. The van der Waals surface area contributed by atoms with Gasteiger partial charge in [-0.25, -0.2) is 12.7 Å². The van der Waals surface area contributed by atoms with Gasteiger partial charge in [-0.2, -0.15) is 0 Å². The molecule has 2 atom stereocenters. The summed E-state index contributed by atoms with van der Waals surface area (Å²) < 4.78 is 30.4. The molecule has 0 bridgehead atoms. The standard InChI is InChI=1S/C16H20N2O5S/c1-11-10-24(21,22)18(16(11)20)13-6-4-12(5-7-13)15(19)17-9-14-3-2-8-23-14/h4-7,11,14H,2-3,8-10H2,1H3,(H,17,19). The Morgan fingerprint density at radius 3 is 2.58 bits per heavy atom. The third-order valence-corrected chi connectivity index (χ3v) is 6.11. The highest BCUT2D eigenvalue weighted by molar-refractivity contribution is 7.94. The van der Waals surface area contributed by atoms with E-state index in [4.69, 9.17) is 4.74 Å². The van der Waals surface area contributed by atoms with Crippen molar-refractivity contribution in [2.24, 2.45) is 5.92 Å². The minimum Gasteiger partial charge on any atom is -0.376 e. The van der Waals surface area contributed by atoms with Crippen LogP contribution in [0, 0.1) is 5.92 Å². The molecule has 2 saturated heterocycles. The fourth-order valence-electron chi connectivity index (χ4n) is 2.95. The van der Waals surface area contributed by atoms with Gasteiger partial charge in [0, 0.05) is 18.7 Å². The van der Waals surface area contributed by atoms with Crippen LogP contribution in [-0.4, -0.2) is 45.2 Å². The Bertz CT molecular complexity index is 738. The average Bonchev–Trinajstić information content (AvgIpc) is 3.12. The van der Waals surface area contributed by atoms with Crippen LogP contribution in [0.15, 0.2) is 24.3 Å². The Labute approximate surface area is 141 Å². The van der Waals surface area contributed by atoms with Gasteiger partial charge in [0.1, 0.15) is 0 Å². The van der Waals surface area contributed by atoms with Crippen molar-refractivity contribution in [3.05, 3.63) is 29.8 Å². The molecule has 0 saturated carbocycles. The van der Waals surface area contributed by atoms with Gasteiger partial charge in [-0.15, -0.1) is 0 Å². The van der Waals surface area contributed by atoms with Crippen LogP contribution in [0.5, 0.6) is 0 Å². The number of carbonyl (C=O) groups is 2. The van der Waals surface area contributed by atoms with E-state index in [1.54, 1.807) is 6.92 Å². The zero-order valence-corrected chi connectivity index (χ0v) is 14.2. The number of hydrogen-bond donors (Lipinski definition) is 1. The first-order chi connectivity index (χ1) is 11.4. The molecule has 1 aromatic rings. The van der Waals surface area contributed by atoms with Gasteiger partial charge in [-0.1, -0.05) is 6.92 Å². The quantitative estimate of drug-likeness (QED) is 0.869. The molecule has 1 aromatic carbocycles. The predicted octanol–water partition coefficient (Wildman–Crippen LogP) is 0.908. The minimum absolute atomic E-state index is 0.0575. The van der Waals surface area contributed by atoms with Crippen LogP contribution in [0.3, 0.4) is 0 Å². The van der Waals surface area contributed by atoms with Crippen molar-refractivity contribution in [1.82, 2.24) is 5.32 Å². The number of sulfonamides is 1. The van der Waals surface area contributed by atoms with Crippen LogP contribution in [0.25, 0.3) is 0 Å². The van der Waals surface area contributed by atoms with Crippen LogP contribution < -0.4 is 9.62 Å². The molecule has 2 heterocycles. The van der Waals surface area contributed by atoms with Gasteiger partial charge in [0.05, 0.1) is 23.5 Å². The largest absolute Gasteiger partial charge is 0.376 e. The lowest BCUT2D eigenvalue weighted by atomic mass is 10.1. The van der Waals surface area contributed by atoms with Crippen molar-refractivity contribution >= 4 is 27.5 Å². The normalized spacial score (nSPS) is 25.9. The van der Waals surface area contributed by atoms with Crippen molar-refractivity contribution in [2.45, 2.75) is 25.9 Å². The van der Waals surface area contributed by atoms with Gasteiger partial charge in [0.2, 0.25) is 15.9 Å². The maximum Gasteiger partial charge on any atom is 0.251 e. The lowest BCUT2D eigenvalue weighted by Crippen LogP contribution is -2.32. The smallest absolute Gasteiger partial charge is 0.251 e. The summed E-state index contributed by atoms with van der Waals surface area (Å²) in [6.07, 6.45) is 2.00. The van der Waals surface area contributed by atoms with Gasteiger partial charge in [0.15, 0.2) is 0 Å². The molecule has 2 unspecified atom stereocenters. The molecule has 3 rings (SSSR count). The molecule has 130 valence electrons. The third-order valence-electron chi connectivity index (χ3n) is 4.24. The molecule has 24 heavy (non-hydrogen) atoms. The number of nitrogens with zero attached hydrogens (tertiary/aromatic N) is 1. The molecule has 8 heteroatoms. The van der Waals surface area contributed by atoms with Crippen LogP contribution in [-0.2, 0) is 19.6 Å². The van der Waals surface area contributed by atoms with E-state index in [2.05, 4.69) is 5.32 Å². The molecule has 0 spiro atoms. The Morgan fingerprint density at radius 1 is 1.33 bits per heavy atom. The number of amides is 2. The molecule has 2 amide bonds. The first-order valence-electron chi connectivity index (χ1n) is 7.95. The molecule has 2 aliphatic heterocycles. The second kappa shape index (κ2) is 6.52. The summed E-state index contributed by atoms with van der Waals surface area (Å²) in [7, 11) is -3.63. The average molecular weight is 352 g/mol. The third kappa shape index (κ3) is 3.29. The number of hydrogen-bond acceptors (Lipinski definition) is 5. The van der Waals surface area contributed by atoms with E-state index in [0.717, 1.165) is 23.8 Å². The summed E-state index contributed by atoms with van der Waals surface area (Å²) in [4.78, 5) is 24.2. The summed E-state index contributed by atoms with van der Waals surface area (Å²) >= 11 is 0. The van der Waals surface area contributed by atoms with E-state index >= 15 is 0 Å². The van der Waals surface area contributed by atoms with E-state index in [1.165, 1.54) is 24.3 Å². The first kappa shape index (κ1) is 16.9. The SMILES string of the molecule is CC1CS(=O)(=O)N(c2ccc(C(=O)NCC3CCCO3)cc2)C1=O. The van der Waals surface area contributed by atoms with Gasteiger partial charge >= 0.3 is 0 Å². The summed E-state index contributed by atoms with van der Waals surface area (Å²) in [6, 6.07) is 6.00. The fraction of sp³-hybridized carbons (Fsp3) is 0.500. The Hall–Kier alpha value is -1.93. The van der Waals surface area contributed by atoms with Gasteiger partial charge < -0.3 is 10.1 Å². The van der Waals surface area contributed by atoms with Crippen LogP contribution in [0.1, 0.15) is 30.1 Å². The maximum atomic E-state index is 12.1. The highest BCUT2D eigenvalue weighted by Crippen LogP contribution is 2.28. The number of benzene rings is 1. The molecule has 7 nitrogen and oxygen atoms in total. The zero-order chi connectivity index (χ0) is 17.3. The maximum absolute atomic E-state index is 12.1. The Morgan fingerprint density at radius 2 is 2.04 bits per heavy atom. The van der Waals surface area contributed by atoms with Gasteiger partial charge in [-0.3, -0.25) is 9.59 Å². The molecule has 1 N–H and O–H groups in total. The summed E-state index contributed by atoms with van der Waals surface area (Å²) in [5.41, 5.74) is 0.675. The van der Waals surface area contributed by atoms with Crippen molar-refractivity contribution in [1.29, 1.82) is 0 Å². The van der Waals surface area contributed by atoms with E-state index < -0.39 is 21.8 Å². The second-order valence-corrected chi connectivity index (χ2v) is 8.04. The number of nitrogens with one attached hydrogen (secondary N) is 1. The van der Waals surface area contributed by atoms with Crippen molar-refractivity contribution in [3.8, 4) is 0 Å². The van der Waals surface area contributed by atoms with E-state index in [9.17, 15) is 18.0 Å². The first-order valence-corrected chi connectivity index (χ1v) is 9.56. The van der Waals surface area contributed by atoms with Crippen molar-refractivity contribution in [2.75, 3.05) is 23.2 Å². The van der Waals surface area contributed by atoms with Gasteiger partial charge in [-0.05, 0) is 37.1 Å². The highest BCUT2D eigenvalue weighted by atomic mass is 32.2. The zero-order valence-electron chi connectivity index (χ0n) is 13.4. The molecule has 0 radical (unpaired) electrons. The topological polar surface area (TPSA) is 92.8 Å². The minimum atomic E-state index is -3.63. The van der Waals surface area contributed by atoms with Crippen LogP contribution in [0.2, 0.25) is 0 Å². The number of rotatable bonds is 4. The Balaban J connectivity index is 1.69. The van der Waals surface area contributed by atoms with Crippen molar-refractivity contribution < 1.29 is 22.7 Å². The van der Waals surface area contributed by atoms with E-state index in [-0.39, 0.29) is 23.5 Å². The molecule has 2 fully saturated rings. The molecular weight excluding hydrogens is 332 g/mol. The lowest BCUT2D eigenvalue weighted by Gasteiger charge is -2.16. The van der Waals surface area contributed by atoms with Crippen LogP contribution >= 0.6 is 0 Å². The summed E-state index contributed by atoms with van der Waals surface area (Å²) in [5.74, 6) is -1.42. The molecule has 0 aliphatic carbocycles. The molecule has 0 aromatic heterocycles. The van der Waals surface area contributed by atoms with Gasteiger partial charge in [0.25, 0.3) is 5.91 Å². The number of anilines is 1. The predicted molar refractivity (Wildman–Crippen MR) is 88.2 cm³/mol. The summed E-state index contributed by atoms with van der Waals surface area (Å²) in [5, 5.41) is 2.80. The monoisotopic (exact) mass is 352 g/mol.